The highest BCUT2D eigenvalue weighted by Gasteiger charge is 2.12. The van der Waals surface area contributed by atoms with Gasteiger partial charge in [0.05, 0.1) is 5.51 Å². The minimum Gasteiger partial charge on any atom is -0.420 e. The second-order valence-electron chi connectivity index (χ2n) is 2.10. The summed E-state index contributed by atoms with van der Waals surface area (Å²) in [6, 6.07) is 0. The molecule has 0 aromatic carbocycles. The molecular formula is C6H4ClN3OS. The van der Waals surface area contributed by atoms with Crippen LogP contribution < -0.4 is 0 Å². The van der Waals surface area contributed by atoms with Crippen LogP contribution in [0, 0.1) is 6.92 Å². The van der Waals surface area contributed by atoms with Gasteiger partial charge >= 0.3 is 0 Å². The molecule has 2 aromatic rings. The molecular weight excluding hydrogens is 198 g/mol. The molecule has 6 heteroatoms. The first-order chi connectivity index (χ1) is 5.77. The summed E-state index contributed by atoms with van der Waals surface area (Å²) in [6.07, 6.45) is 0. The van der Waals surface area contributed by atoms with Crippen molar-refractivity contribution in [2.75, 3.05) is 0 Å². The summed E-state index contributed by atoms with van der Waals surface area (Å²) in [4.78, 5) is 4.58. The minimum atomic E-state index is 0.406. The van der Waals surface area contributed by atoms with Gasteiger partial charge in [0.25, 0.3) is 5.89 Å². The van der Waals surface area contributed by atoms with Crippen molar-refractivity contribution >= 4 is 22.9 Å². The largest absolute Gasteiger partial charge is 0.420 e. The fourth-order valence-corrected chi connectivity index (χ4v) is 1.68. The van der Waals surface area contributed by atoms with E-state index >= 15 is 0 Å². The van der Waals surface area contributed by atoms with Crippen molar-refractivity contribution in [2.24, 2.45) is 0 Å². The molecule has 0 spiro atoms. The van der Waals surface area contributed by atoms with Gasteiger partial charge in [0.1, 0.15) is 4.88 Å². The molecule has 0 aliphatic carbocycles. The predicted molar refractivity (Wildman–Crippen MR) is 45.2 cm³/mol. The lowest BCUT2D eigenvalue weighted by Crippen LogP contribution is -1.73. The SMILES string of the molecule is Cc1nnc(-c2scnc2Cl)o1. The molecule has 0 aliphatic rings. The normalized spacial score (nSPS) is 10.5. The lowest BCUT2D eigenvalue weighted by Gasteiger charge is -1.85. The molecule has 2 rings (SSSR count). The number of hydrogen-bond donors (Lipinski definition) is 0. The lowest BCUT2D eigenvalue weighted by atomic mass is 10.5. The summed E-state index contributed by atoms with van der Waals surface area (Å²) in [5.41, 5.74) is 1.64. The molecule has 0 aliphatic heterocycles. The molecule has 0 amide bonds. The van der Waals surface area contributed by atoms with Crippen LogP contribution >= 0.6 is 22.9 Å². The van der Waals surface area contributed by atoms with Gasteiger partial charge < -0.3 is 4.42 Å². The van der Waals surface area contributed by atoms with E-state index in [9.17, 15) is 0 Å². The Kier molecular flexibility index (Phi) is 1.82. The Morgan fingerprint density at radius 3 is 2.83 bits per heavy atom. The molecule has 0 N–H and O–H groups in total. The van der Waals surface area contributed by atoms with Gasteiger partial charge in [-0.15, -0.1) is 21.5 Å². The molecule has 0 bridgehead atoms. The highest BCUT2D eigenvalue weighted by molar-refractivity contribution is 7.13. The Bertz CT molecular complexity index is 397. The van der Waals surface area contributed by atoms with Crippen LogP contribution in [-0.4, -0.2) is 15.2 Å². The van der Waals surface area contributed by atoms with E-state index in [1.807, 2.05) is 0 Å². The van der Waals surface area contributed by atoms with E-state index in [4.69, 9.17) is 16.0 Å². The summed E-state index contributed by atoms with van der Waals surface area (Å²) in [7, 11) is 0. The van der Waals surface area contributed by atoms with E-state index in [0.717, 1.165) is 4.88 Å². The Morgan fingerprint density at radius 1 is 1.50 bits per heavy atom. The fourth-order valence-electron chi connectivity index (χ4n) is 0.760. The number of thiazole rings is 1. The average Bonchev–Trinajstić information content (AvgIpc) is 2.58. The maximum absolute atomic E-state index is 5.76. The van der Waals surface area contributed by atoms with Gasteiger partial charge in [0, 0.05) is 6.92 Å². The van der Waals surface area contributed by atoms with E-state index in [1.165, 1.54) is 11.3 Å². The number of rotatable bonds is 1. The van der Waals surface area contributed by atoms with Gasteiger partial charge in [0.2, 0.25) is 5.89 Å². The van der Waals surface area contributed by atoms with Crippen LogP contribution in [0.15, 0.2) is 9.93 Å². The second kappa shape index (κ2) is 2.84. The minimum absolute atomic E-state index is 0.406. The third kappa shape index (κ3) is 1.21. The molecule has 12 heavy (non-hydrogen) atoms. The van der Waals surface area contributed by atoms with Crippen LogP contribution in [-0.2, 0) is 0 Å². The number of nitrogens with zero attached hydrogens (tertiary/aromatic N) is 3. The molecule has 0 saturated carbocycles. The van der Waals surface area contributed by atoms with Gasteiger partial charge in [0.15, 0.2) is 5.15 Å². The van der Waals surface area contributed by atoms with Crippen LogP contribution in [0.2, 0.25) is 5.15 Å². The third-order valence-electron chi connectivity index (χ3n) is 1.24. The van der Waals surface area contributed by atoms with Crippen LogP contribution in [0.5, 0.6) is 0 Å². The number of halogens is 1. The zero-order chi connectivity index (χ0) is 8.55. The van der Waals surface area contributed by atoms with Crippen molar-refractivity contribution in [3.63, 3.8) is 0 Å². The maximum atomic E-state index is 5.76. The summed E-state index contributed by atoms with van der Waals surface area (Å²) < 4.78 is 5.17. The Balaban J connectivity index is 2.50. The van der Waals surface area contributed by atoms with E-state index in [0.29, 0.717) is 16.9 Å². The standard InChI is InChI=1S/C6H4ClN3OS/c1-3-9-10-6(11-3)4-5(7)8-2-12-4/h2H,1H3. The average molecular weight is 202 g/mol. The third-order valence-corrected chi connectivity index (χ3v) is 2.46. The van der Waals surface area contributed by atoms with Crippen LogP contribution in [0.4, 0.5) is 0 Å². The topological polar surface area (TPSA) is 51.8 Å². The summed E-state index contributed by atoms with van der Waals surface area (Å²) in [6.45, 7) is 1.73. The zero-order valence-electron chi connectivity index (χ0n) is 6.11. The van der Waals surface area contributed by atoms with Crippen molar-refractivity contribution < 1.29 is 4.42 Å². The molecule has 2 aromatic heterocycles. The van der Waals surface area contributed by atoms with Gasteiger partial charge in [-0.1, -0.05) is 11.6 Å². The Hall–Kier alpha value is -0.940. The summed E-state index contributed by atoms with van der Waals surface area (Å²) in [5, 5.41) is 7.91. The van der Waals surface area contributed by atoms with E-state index in [-0.39, 0.29) is 0 Å². The molecule has 2 heterocycles. The molecule has 0 fully saturated rings. The number of hydrogen-bond acceptors (Lipinski definition) is 5. The van der Waals surface area contributed by atoms with Crippen LogP contribution in [0.3, 0.4) is 0 Å². The van der Waals surface area contributed by atoms with Crippen molar-refractivity contribution in [3.8, 4) is 10.8 Å². The summed E-state index contributed by atoms with van der Waals surface area (Å²) in [5.74, 6) is 0.953. The second-order valence-corrected chi connectivity index (χ2v) is 3.31. The lowest BCUT2D eigenvalue weighted by molar-refractivity contribution is 0.534. The van der Waals surface area contributed by atoms with Gasteiger partial charge in [-0.2, -0.15) is 0 Å². The number of aryl methyl sites for hydroxylation is 1. The highest BCUT2D eigenvalue weighted by Crippen LogP contribution is 2.29. The van der Waals surface area contributed by atoms with Crippen molar-refractivity contribution in [3.05, 3.63) is 16.6 Å². The fraction of sp³-hybridized carbons (Fsp3) is 0.167. The highest BCUT2D eigenvalue weighted by atomic mass is 35.5. The van der Waals surface area contributed by atoms with Crippen LogP contribution in [0.1, 0.15) is 5.89 Å². The Labute approximate surface area is 77.2 Å². The van der Waals surface area contributed by atoms with E-state index in [1.54, 1.807) is 12.4 Å². The molecule has 4 nitrogen and oxygen atoms in total. The monoisotopic (exact) mass is 201 g/mol. The van der Waals surface area contributed by atoms with Crippen molar-refractivity contribution in [2.45, 2.75) is 6.92 Å². The molecule has 0 radical (unpaired) electrons. The zero-order valence-corrected chi connectivity index (χ0v) is 7.69. The molecule has 0 unspecified atom stereocenters. The maximum Gasteiger partial charge on any atom is 0.260 e. The Morgan fingerprint density at radius 2 is 2.33 bits per heavy atom. The first kappa shape index (κ1) is 7.70. The molecule has 0 atom stereocenters. The molecule has 62 valence electrons. The summed E-state index contributed by atoms with van der Waals surface area (Å²) >= 11 is 7.13. The van der Waals surface area contributed by atoms with Gasteiger partial charge in [-0.3, -0.25) is 0 Å². The van der Waals surface area contributed by atoms with Gasteiger partial charge in [-0.25, -0.2) is 4.98 Å². The van der Waals surface area contributed by atoms with Gasteiger partial charge in [-0.05, 0) is 0 Å². The molecule has 0 saturated heterocycles. The van der Waals surface area contributed by atoms with Crippen molar-refractivity contribution in [1.29, 1.82) is 0 Å². The first-order valence-corrected chi connectivity index (χ1v) is 4.42. The van der Waals surface area contributed by atoms with Crippen LogP contribution in [0.25, 0.3) is 10.8 Å². The smallest absolute Gasteiger partial charge is 0.260 e. The predicted octanol–water partition coefficient (Wildman–Crippen LogP) is 2.15. The van der Waals surface area contributed by atoms with E-state index < -0.39 is 0 Å². The number of aromatic nitrogens is 3. The first-order valence-electron chi connectivity index (χ1n) is 3.17. The quantitative estimate of drug-likeness (QED) is 0.710. The van der Waals surface area contributed by atoms with Crippen molar-refractivity contribution in [1.82, 2.24) is 15.2 Å². The van der Waals surface area contributed by atoms with E-state index in [2.05, 4.69) is 15.2 Å².